The highest BCUT2D eigenvalue weighted by Gasteiger charge is 2.27. The molecule has 0 aliphatic heterocycles. The number of amides is 2. The first-order valence-electron chi connectivity index (χ1n) is 11.2. The van der Waals surface area contributed by atoms with Crippen LogP contribution in [0.1, 0.15) is 38.7 Å². The minimum Gasteiger partial charge on any atom is -0.354 e. The first kappa shape index (κ1) is 29.4. The molecule has 11 heteroatoms. The van der Waals surface area contributed by atoms with Gasteiger partial charge in [0.15, 0.2) is 0 Å². The Morgan fingerprint density at radius 3 is 2.49 bits per heavy atom. The van der Waals surface area contributed by atoms with Crippen molar-refractivity contribution in [3.8, 4) is 0 Å². The molecule has 0 aromatic heterocycles. The van der Waals surface area contributed by atoms with Gasteiger partial charge in [-0.15, -0.1) is 0 Å². The maximum atomic E-state index is 13.3. The summed E-state index contributed by atoms with van der Waals surface area (Å²) in [5.74, 6) is -0.492. The third-order valence-corrected chi connectivity index (χ3v) is 7.52. The van der Waals surface area contributed by atoms with Gasteiger partial charge in [-0.05, 0) is 55.7 Å². The van der Waals surface area contributed by atoms with E-state index in [0.717, 1.165) is 27.0 Å². The number of nitrogens with zero attached hydrogens (tertiary/aromatic N) is 2. The van der Waals surface area contributed by atoms with Crippen molar-refractivity contribution in [3.05, 3.63) is 62.5 Å². The second-order valence-electron chi connectivity index (χ2n) is 8.15. The molecule has 1 unspecified atom stereocenters. The highest BCUT2D eigenvalue weighted by atomic mass is 79.9. The SMILES string of the molecule is CCCNC(=O)C(C)N(Cc1cccc(Br)c1)C(=O)CCCN(c1cc(Cl)ccc1Cl)S(C)(=O)=O. The molecule has 35 heavy (non-hydrogen) atoms. The Labute approximate surface area is 225 Å². The Hall–Kier alpha value is -1.81. The predicted molar refractivity (Wildman–Crippen MR) is 145 cm³/mol. The normalized spacial score (nSPS) is 12.2. The van der Waals surface area contributed by atoms with Crippen molar-refractivity contribution >= 4 is 66.7 Å². The van der Waals surface area contributed by atoms with Gasteiger partial charge in [0.05, 0.1) is 17.0 Å². The molecule has 2 amide bonds. The number of halogens is 3. The zero-order valence-corrected chi connectivity index (χ0v) is 23.8. The van der Waals surface area contributed by atoms with Crippen molar-refractivity contribution < 1.29 is 18.0 Å². The Morgan fingerprint density at radius 1 is 1.14 bits per heavy atom. The van der Waals surface area contributed by atoms with Gasteiger partial charge < -0.3 is 10.2 Å². The van der Waals surface area contributed by atoms with Crippen molar-refractivity contribution in [2.75, 3.05) is 23.7 Å². The Balaban J connectivity index is 2.19. The summed E-state index contributed by atoms with van der Waals surface area (Å²) < 4.78 is 26.9. The van der Waals surface area contributed by atoms with Crippen molar-refractivity contribution in [1.29, 1.82) is 0 Å². The fraction of sp³-hybridized carbons (Fsp3) is 0.417. The summed E-state index contributed by atoms with van der Waals surface area (Å²) in [6, 6.07) is 11.4. The lowest BCUT2D eigenvalue weighted by molar-refractivity contribution is -0.140. The van der Waals surface area contributed by atoms with Crippen LogP contribution in [0.25, 0.3) is 0 Å². The molecule has 0 saturated carbocycles. The summed E-state index contributed by atoms with van der Waals surface area (Å²) in [6.07, 6.45) is 2.13. The fourth-order valence-corrected chi connectivity index (χ4v) is 5.32. The van der Waals surface area contributed by atoms with Crippen LogP contribution in [0.5, 0.6) is 0 Å². The van der Waals surface area contributed by atoms with Gasteiger partial charge >= 0.3 is 0 Å². The van der Waals surface area contributed by atoms with E-state index in [-0.39, 0.29) is 48.5 Å². The van der Waals surface area contributed by atoms with Gasteiger partial charge in [0.1, 0.15) is 6.04 Å². The van der Waals surface area contributed by atoms with Gasteiger partial charge in [-0.25, -0.2) is 8.42 Å². The number of rotatable bonds is 12. The van der Waals surface area contributed by atoms with Crippen LogP contribution in [0.15, 0.2) is 46.9 Å². The largest absolute Gasteiger partial charge is 0.354 e. The highest BCUT2D eigenvalue weighted by molar-refractivity contribution is 9.10. The molecule has 0 aliphatic carbocycles. The molecule has 2 rings (SSSR count). The molecular weight excluding hydrogens is 577 g/mol. The van der Waals surface area contributed by atoms with E-state index in [1.807, 2.05) is 31.2 Å². The van der Waals surface area contributed by atoms with Crippen LogP contribution in [0.4, 0.5) is 5.69 Å². The van der Waals surface area contributed by atoms with E-state index in [1.165, 1.54) is 17.0 Å². The van der Waals surface area contributed by atoms with Crippen LogP contribution in [0, 0.1) is 0 Å². The van der Waals surface area contributed by atoms with E-state index in [1.54, 1.807) is 13.0 Å². The average molecular weight is 607 g/mol. The number of hydrogen-bond donors (Lipinski definition) is 1. The lowest BCUT2D eigenvalue weighted by Gasteiger charge is -2.29. The molecule has 192 valence electrons. The summed E-state index contributed by atoms with van der Waals surface area (Å²) in [5, 5.41) is 3.42. The molecule has 0 spiro atoms. The standard InChI is InChI=1S/C24H30BrCl2N3O4S/c1-4-12-28-24(32)17(2)29(16-18-7-5-8-19(25)14-18)23(31)9-6-13-30(35(3,33)34)22-15-20(26)10-11-21(22)27/h5,7-8,10-11,14-15,17H,4,6,9,12-13,16H2,1-3H3,(H,28,32). The number of carbonyl (C=O) groups excluding carboxylic acids is 2. The molecule has 7 nitrogen and oxygen atoms in total. The van der Waals surface area contributed by atoms with Gasteiger partial charge in [0.2, 0.25) is 21.8 Å². The second kappa shape index (κ2) is 13.5. The van der Waals surface area contributed by atoms with Gasteiger partial charge in [0, 0.05) is 35.6 Å². The van der Waals surface area contributed by atoms with Gasteiger partial charge in [0.25, 0.3) is 0 Å². The van der Waals surface area contributed by atoms with Crippen molar-refractivity contribution in [2.45, 2.75) is 45.7 Å². The maximum absolute atomic E-state index is 13.3. The Morgan fingerprint density at radius 2 is 1.86 bits per heavy atom. The van der Waals surface area contributed by atoms with Gasteiger partial charge in [-0.1, -0.05) is 58.2 Å². The fourth-order valence-electron chi connectivity index (χ4n) is 3.47. The van der Waals surface area contributed by atoms with Crippen LogP contribution < -0.4 is 9.62 Å². The number of carbonyl (C=O) groups is 2. The van der Waals surface area contributed by atoms with E-state index >= 15 is 0 Å². The molecular formula is C24H30BrCl2N3O4S. The van der Waals surface area contributed by atoms with Crippen LogP contribution in [-0.4, -0.2) is 50.5 Å². The molecule has 0 heterocycles. The lowest BCUT2D eigenvalue weighted by Crippen LogP contribution is -2.47. The van der Waals surface area contributed by atoms with Crippen LogP contribution in [0.2, 0.25) is 10.0 Å². The molecule has 2 aromatic carbocycles. The van der Waals surface area contributed by atoms with E-state index in [4.69, 9.17) is 23.2 Å². The van der Waals surface area contributed by atoms with E-state index in [0.29, 0.717) is 11.6 Å². The summed E-state index contributed by atoms with van der Waals surface area (Å²) in [6.45, 7) is 4.44. The summed E-state index contributed by atoms with van der Waals surface area (Å²) in [7, 11) is -3.67. The molecule has 0 bridgehead atoms. The van der Waals surface area contributed by atoms with Gasteiger partial charge in [-0.2, -0.15) is 0 Å². The summed E-state index contributed by atoms with van der Waals surface area (Å²) in [5.41, 5.74) is 1.12. The van der Waals surface area contributed by atoms with Crippen molar-refractivity contribution in [3.63, 3.8) is 0 Å². The summed E-state index contributed by atoms with van der Waals surface area (Å²) >= 11 is 15.7. The number of nitrogens with one attached hydrogen (secondary N) is 1. The predicted octanol–water partition coefficient (Wildman–Crippen LogP) is 5.25. The van der Waals surface area contributed by atoms with Crippen molar-refractivity contribution in [2.24, 2.45) is 0 Å². The summed E-state index contributed by atoms with van der Waals surface area (Å²) in [4.78, 5) is 27.4. The molecule has 2 aromatic rings. The minimum absolute atomic E-state index is 0.0335. The van der Waals surface area contributed by atoms with Crippen LogP contribution in [0.3, 0.4) is 0 Å². The second-order valence-corrected chi connectivity index (χ2v) is 11.8. The topological polar surface area (TPSA) is 86.8 Å². The minimum atomic E-state index is -3.67. The van der Waals surface area contributed by atoms with E-state index < -0.39 is 16.1 Å². The molecule has 1 atom stereocenters. The highest BCUT2D eigenvalue weighted by Crippen LogP contribution is 2.31. The third kappa shape index (κ3) is 8.97. The zero-order valence-electron chi connectivity index (χ0n) is 19.9. The monoisotopic (exact) mass is 605 g/mol. The van der Waals surface area contributed by atoms with Gasteiger partial charge in [-0.3, -0.25) is 13.9 Å². The number of benzene rings is 2. The lowest BCUT2D eigenvalue weighted by atomic mass is 10.1. The number of sulfonamides is 1. The smallest absolute Gasteiger partial charge is 0.242 e. The quantitative estimate of drug-likeness (QED) is 0.358. The van der Waals surface area contributed by atoms with E-state index in [9.17, 15) is 18.0 Å². The van der Waals surface area contributed by atoms with Crippen LogP contribution >= 0.6 is 39.1 Å². The Kier molecular flexibility index (Phi) is 11.3. The maximum Gasteiger partial charge on any atom is 0.242 e. The zero-order chi connectivity index (χ0) is 26.2. The first-order chi connectivity index (χ1) is 16.4. The van der Waals surface area contributed by atoms with Crippen LogP contribution in [-0.2, 0) is 26.2 Å². The number of hydrogen-bond acceptors (Lipinski definition) is 4. The average Bonchev–Trinajstić information content (AvgIpc) is 2.79. The number of anilines is 1. The molecule has 0 aliphatic rings. The van der Waals surface area contributed by atoms with Crippen molar-refractivity contribution in [1.82, 2.24) is 10.2 Å². The molecule has 0 radical (unpaired) electrons. The third-order valence-electron chi connectivity index (χ3n) is 5.29. The molecule has 0 fully saturated rings. The Bertz CT molecular complexity index is 1150. The first-order valence-corrected chi connectivity index (χ1v) is 14.6. The molecule has 0 saturated heterocycles. The molecule has 1 N–H and O–H groups in total. The van der Waals surface area contributed by atoms with E-state index in [2.05, 4.69) is 21.2 Å².